The van der Waals surface area contributed by atoms with Crippen molar-refractivity contribution in [2.45, 2.75) is 52.0 Å². The van der Waals surface area contributed by atoms with Crippen LogP contribution >= 0.6 is 0 Å². The molecular formula is C17H29NO2. The van der Waals surface area contributed by atoms with Crippen LogP contribution < -0.4 is 10.1 Å². The highest BCUT2D eigenvalue weighted by Gasteiger charge is 2.20. The van der Waals surface area contributed by atoms with Crippen molar-refractivity contribution in [2.24, 2.45) is 0 Å². The van der Waals surface area contributed by atoms with Gasteiger partial charge in [-0.15, -0.1) is 0 Å². The molecular weight excluding hydrogens is 250 g/mol. The molecule has 0 heterocycles. The van der Waals surface area contributed by atoms with E-state index in [9.17, 15) is 5.11 Å². The zero-order valence-electron chi connectivity index (χ0n) is 13.3. The van der Waals surface area contributed by atoms with Crippen molar-refractivity contribution in [1.82, 2.24) is 5.32 Å². The Morgan fingerprint density at radius 2 is 1.90 bits per heavy atom. The highest BCUT2D eigenvalue weighted by molar-refractivity contribution is 5.28. The number of likely N-dealkylation sites (N-methyl/N-ethyl adjacent to an activating group) is 1. The second-order valence-corrected chi connectivity index (χ2v) is 5.92. The number of aliphatic hydroxyl groups is 1. The normalized spacial score (nSPS) is 14.3. The Labute approximate surface area is 123 Å². The summed E-state index contributed by atoms with van der Waals surface area (Å²) in [4.78, 5) is 0. The second kappa shape index (κ2) is 8.28. The predicted octanol–water partition coefficient (Wildman–Crippen LogP) is 3.33. The van der Waals surface area contributed by atoms with E-state index in [1.807, 2.05) is 19.1 Å². The van der Waals surface area contributed by atoms with E-state index in [1.165, 1.54) is 5.56 Å². The summed E-state index contributed by atoms with van der Waals surface area (Å²) in [7, 11) is 0. The zero-order chi connectivity index (χ0) is 15.0. The molecule has 0 radical (unpaired) electrons. The Hall–Kier alpha value is -1.06. The lowest BCUT2D eigenvalue weighted by atomic mass is 9.97. The maximum absolute atomic E-state index is 9.41. The molecule has 1 unspecified atom stereocenters. The van der Waals surface area contributed by atoms with Gasteiger partial charge < -0.3 is 15.2 Å². The Morgan fingerprint density at radius 1 is 1.25 bits per heavy atom. The van der Waals surface area contributed by atoms with Crippen LogP contribution in [0.25, 0.3) is 0 Å². The largest absolute Gasteiger partial charge is 0.494 e. The van der Waals surface area contributed by atoms with Crippen LogP contribution in [0.3, 0.4) is 0 Å². The van der Waals surface area contributed by atoms with E-state index in [0.717, 1.165) is 25.1 Å². The minimum absolute atomic E-state index is 0.157. The van der Waals surface area contributed by atoms with Crippen LogP contribution in [0, 0.1) is 0 Å². The van der Waals surface area contributed by atoms with Gasteiger partial charge in [-0.05, 0) is 49.9 Å². The number of hydrogen-bond donors (Lipinski definition) is 2. The van der Waals surface area contributed by atoms with Crippen LogP contribution in [0.5, 0.6) is 5.75 Å². The first-order chi connectivity index (χ1) is 9.50. The van der Waals surface area contributed by atoms with Gasteiger partial charge in [0.2, 0.25) is 0 Å². The molecule has 114 valence electrons. The summed E-state index contributed by atoms with van der Waals surface area (Å²) < 4.78 is 5.75. The van der Waals surface area contributed by atoms with Gasteiger partial charge in [-0.25, -0.2) is 0 Å². The highest BCUT2D eigenvalue weighted by atomic mass is 16.5. The lowest BCUT2D eigenvalue weighted by Crippen LogP contribution is -2.45. The molecule has 3 heteroatoms. The van der Waals surface area contributed by atoms with Gasteiger partial charge in [-0.1, -0.05) is 32.9 Å². The Morgan fingerprint density at radius 3 is 2.40 bits per heavy atom. The number of benzene rings is 1. The molecule has 1 atom stereocenters. The van der Waals surface area contributed by atoms with Crippen molar-refractivity contribution in [3.05, 3.63) is 29.8 Å². The molecule has 3 nitrogen and oxygen atoms in total. The average molecular weight is 279 g/mol. The number of nitrogens with one attached hydrogen (secondary N) is 1. The van der Waals surface area contributed by atoms with Gasteiger partial charge in [-0.3, -0.25) is 0 Å². The third-order valence-electron chi connectivity index (χ3n) is 3.64. The number of ether oxygens (including phenoxy) is 1. The fraction of sp³-hybridized carbons (Fsp3) is 0.647. The maximum atomic E-state index is 9.41. The van der Waals surface area contributed by atoms with Crippen molar-refractivity contribution in [3.63, 3.8) is 0 Å². The van der Waals surface area contributed by atoms with Crippen LogP contribution in [-0.4, -0.2) is 30.4 Å². The summed E-state index contributed by atoms with van der Waals surface area (Å²) in [5.74, 6) is 1.47. The minimum atomic E-state index is -0.195. The van der Waals surface area contributed by atoms with E-state index < -0.39 is 0 Å². The predicted molar refractivity (Wildman–Crippen MR) is 84.4 cm³/mol. The van der Waals surface area contributed by atoms with Gasteiger partial charge in [0.15, 0.2) is 0 Å². The average Bonchev–Trinajstić information content (AvgIpc) is 2.44. The second-order valence-electron chi connectivity index (χ2n) is 5.92. The zero-order valence-corrected chi connectivity index (χ0v) is 13.3. The van der Waals surface area contributed by atoms with Crippen molar-refractivity contribution in [2.75, 3.05) is 19.8 Å². The minimum Gasteiger partial charge on any atom is -0.494 e. The van der Waals surface area contributed by atoms with Crippen molar-refractivity contribution in [3.8, 4) is 5.75 Å². The molecule has 0 aliphatic rings. The fourth-order valence-electron chi connectivity index (χ4n) is 2.25. The number of hydrogen-bond acceptors (Lipinski definition) is 3. The Bertz CT molecular complexity index is 375. The van der Waals surface area contributed by atoms with Crippen LogP contribution in [0.1, 0.15) is 52.0 Å². The van der Waals surface area contributed by atoms with E-state index in [4.69, 9.17) is 4.74 Å². The molecule has 1 rings (SSSR count). The highest BCUT2D eigenvalue weighted by Crippen LogP contribution is 2.19. The van der Waals surface area contributed by atoms with E-state index >= 15 is 0 Å². The summed E-state index contributed by atoms with van der Waals surface area (Å²) in [6.45, 7) is 10.2. The molecule has 0 aromatic heterocycles. The van der Waals surface area contributed by atoms with Gasteiger partial charge >= 0.3 is 0 Å². The lowest BCUT2D eigenvalue weighted by molar-refractivity contribution is 0.158. The summed E-state index contributed by atoms with van der Waals surface area (Å²) in [6, 6.07) is 8.31. The standard InChI is InChI=1S/C17H29NO2/c1-5-18-17(4,13-19)11-6-12-20-16-9-7-15(8-10-16)14(2)3/h7-10,14,18-19H,5-6,11-13H2,1-4H3. The van der Waals surface area contributed by atoms with Crippen LogP contribution in [0.4, 0.5) is 0 Å². The third kappa shape index (κ3) is 5.51. The first-order valence-electron chi connectivity index (χ1n) is 7.59. The monoisotopic (exact) mass is 279 g/mol. The molecule has 1 aromatic rings. The lowest BCUT2D eigenvalue weighted by Gasteiger charge is -2.28. The molecule has 0 fully saturated rings. The third-order valence-corrected chi connectivity index (χ3v) is 3.64. The van der Waals surface area contributed by atoms with E-state index in [0.29, 0.717) is 12.5 Å². The van der Waals surface area contributed by atoms with E-state index in [-0.39, 0.29) is 12.1 Å². The fourth-order valence-corrected chi connectivity index (χ4v) is 2.25. The first kappa shape index (κ1) is 17.0. The van der Waals surface area contributed by atoms with Gasteiger partial charge in [0, 0.05) is 5.54 Å². The van der Waals surface area contributed by atoms with Crippen molar-refractivity contribution in [1.29, 1.82) is 0 Å². The number of rotatable bonds is 9. The van der Waals surface area contributed by atoms with Crippen molar-refractivity contribution < 1.29 is 9.84 Å². The van der Waals surface area contributed by atoms with Crippen LogP contribution in [0.15, 0.2) is 24.3 Å². The van der Waals surface area contributed by atoms with Gasteiger partial charge in [-0.2, -0.15) is 0 Å². The quantitative estimate of drug-likeness (QED) is 0.681. The SMILES string of the molecule is CCNC(C)(CO)CCCOc1ccc(C(C)C)cc1. The van der Waals surface area contributed by atoms with Crippen LogP contribution in [-0.2, 0) is 0 Å². The van der Waals surface area contributed by atoms with Gasteiger partial charge in [0.05, 0.1) is 13.2 Å². The van der Waals surface area contributed by atoms with E-state index in [1.54, 1.807) is 0 Å². The van der Waals surface area contributed by atoms with Gasteiger partial charge in [0.1, 0.15) is 5.75 Å². The molecule has 20 heavy (non-hydrogen) atoms. The molecule has 0 bridgehead atoms. The molecule has 1 aromatic carbocycles. The Balaban J connectivity index is 2.33. The molecule has 0 saturated carbocycles. The van der Waals surface area contributed by atoms with Crippen LogP contribution in [0.2, 0.25) is 0 Å². The molecule has 0 aliphatic carbocycles. The Kier molecular flexibility index (Phi) is 7.03. The summed E-state index contributed by atoms with van der Waals surface area (Å²) in [5.41, 5.74) is 1.14. The molecule has 0 spiro atoms. The summed E-state index contributed by atoms with van der Waals surface area (Å²) >= 11 is 0. The maximum Gasteiger partial charge on any atom is 0.119 e. The topological polar surface area (TPSA) is 41.5 Å². The molecule has 0 aliphatic heterocycles. The van der Waals surface area contributed by atoms with Gasteiger partial charge in [0.25, 0.3) is 0 Å². The molecule has 2 N–H and O–H groups in total. The first-order valence-corrected chi connectivity index (χ1v) is 7.59. The molecule has 0 amide bonds. The van der Waals surface area contributed by atoms with Crippen molar-refractivity contribution >= 4 is 0 Å². The molecule has 0 saturated heterocycles. The smallest absolute Gasteiger partial charge is 0.119 e. The number of aliphatic hydroxyl groups excluding tert-OH is 1. The summed E-state index contributed by atoms with van der Waals surface area (Å²) in [6.07, 6.45) is 1.83. The van der Waals surface area contributed by atoms with E-state index in [2.05, 4.69) is 38.2 Å². The summed E-state index contributed by atoms with van der Waals surface area (Å²) in [5, 5.41) is 12.7.